The van der Waals surface area contributed by atoms with E-state index in [0.29, 0.717) is 29.9 Å². The number of likely N-dealkylation sites (N-methyl/N-ethyl adjacent to an activating group) is 2. The van der Waals surface area contributed by atoms with E-state index in [2.05, 4.69) is 23.7 Å². The Morgan fingerprint density at radius 3 is 2.60 bits per heavy atom. The molecule has 7 rings (SSSR count). The van der Waals surface area contributed by atoms with Gasteiger partial charge in [0.15, 0.2) is 23.4 Å². The molecule has 4 N–H and O–H groups in total. The molecule has 2 unspecified atom stereocenters. The zero-order chi connectivity index (χ0) is 34.2. The minimum Gasteiger partial charge on any atom is -0.493 e. The van der Waals surface area contributed by atoms with Gasteiger partial charge in [-0.3, -0.25) is 19.2 Å². The van der Waals surface area contributed by atoms with Gasteiger partial charge in [-0.25, -0.2) is 4.79 Å². The zero-order valence-electron chi connectivity index (χ0n) is 27.7. The van der Waals surface area contributed by atoms with Crippen molar-refractivity contribution in [3.05, 3.63) is 53.1 Å². The van der Waals surface area contributed by atoms with E-state index in [4.69, 9.17) is 19.9 Å². The number of likely N-dealkylation sites (tertiary alicyclic amines) is 1. The second-order valence-electron chi connectivity index (χ2n) is 14.4. The van der Waals surface area contributed by atoms with E-state index < -0.39 is 36.0 Å². The molecule has 2 bridgehead atoms. The highest BCUT2D eigenvalue weighted by atomic mass is 16.6. The number of carbonyl (C=O) groups is 5. The lowest BCUT2D eigenvalue weighted by Gasteiger charge is -2.62. The van der Waals surface area contributed by atoms with E-state index in [1.54, 1.807) is 26.3 Å². The number of nitrogens with two attached hydrogens (primary N) is 1. The fourth-order valence-electron chi connectivity index (χ4n) is 10.0. The van der Waals surface area contributed by atoms with Crippen LogP contribution in [0.1, 0.15) is 49.3 Å². The molecular weight excluding hydrogens is 618 g/mol. The first-order valence-electron chi connectivity index (χ1n) is 16.4. The number of Topliss-reactive ketones (excluding diaryl/α,β-unsaturated/α-hetero) is 1. The van der Waals surface area contributed by atoms with Crippen molar-refractivity contribution in [2.75, 3.05) is 40.8 Å². The second kappa shape index (κ2) is 11.2. The quantitative estimate of drug-likeness (QED) is 0.303. The van der Waals surface area contributed by atoms with Gasteiger partial charge in [0.2, 0.25) is 17.7 Å². The predicted octanol–water partition coefficient (Wildman–Crippen LogP) is 1.28. The SMILES string of the molecule is COc1ccc2c3c1O[C@H]1C(=O)CC[C@H]4C5C2(C[C@]314)C[N@+]5(C)Cc1ccc(OC(=O)N(C)CCNC(=O)[C@H](CC(N)=O)NC(C)=O)cc1. The van der Waals surface area contributed by atoms with Crippen LogP contribution < -0.4 is 30.6 Å². The van der Waals surface area contributed by atoms with Gasteiger partial charge in [-0.15, -0.1) is 0 Å². The van der Waals surface area contributed by atoms with Crippen molar-refractivity contribution in [2.45, 2.75) is 68.2 Å². The van der Waals surface area contributed by atoms with Crippen LogP contribution in [-0.4, -0.2) is 98.0 Å². The molecule has 1 saturated heterocycles. The molecule has 2 aromatic carbocycles. The molecule has 3 aliphatic carbocycles. The van der Waals surface area contributed by atoms with Gasteiger partial charge < -0.3 is 40.0 Å². The van der Waals surface area contributed by atoms with Crippen LogP contribution in [0.3, 0.4) is 0 Å². The van der Waals surface area contributed by atoms with Crippen molar-refractivity contribution in [3.63, 3.8) is 0 Å². The summed E-state index contributed by atoms with van der Waals surface area (Å²) in [5.74, 6) is 0.715. The summed E-state index contributed by atoms with van der Waals surface area (Å²) >= 11 is 0. The van der Waals surface area contributed by atoms with E-state index in [9.17, 15) is 24.0 Å². The van der Waals surface area contributed by atoms with Crippen molar-refractivity contribution in [2.24, 2.45) is 11.7 Å². The average Bonchev–Trinajstić information content (AvgIpc) is 3.62. The first kappa shape index (κ1) is 31.9. The Morgan fingerprint density at radius 2 is 1.92 bits per heavy atom. The summed E-state index contributed by atoms with van der Waals surface area (Å²) in [5, 5.41) is 5.00. The smallest absolute Gasteiger partial charge is 0.415 e. The van der Waals surface area contributed by atoms with E-state index in [0.717, 1.165) is 41.7 Å². The largest absolute Gasteiger partial charge is 0.493 e. The molecule has 13 nitrogen and oxygen atoms in total. The first-order chi connectivity index (χ1) is 22.8. The number of primary amides is 1. The topological polar surface area (TPSA) is 166 Å². The number of nitrogens with one attached hydrogen (secondary N) is 2. The van der Waals surface area contributed by atoms with Gasteiger partial charge >= 0.3 is 6.09 Å². The van der Waals surface area contributed by atoms with Crippen LogP contribution in [0.2, 0.25) is 0 Å². The predicted molar refractivity (Wildman–Crippen MR) is 171 cm³/mol. The number of ketones is 1. The Bertz CT molecular complexity index is 1710. The molecule has 13 heteroatoms. The van der Waals surface area contributed by atoms with E-state index in [1.807, 2.05) is 18.2 Å². The number of fused-ring (bicyclic) bond motifs is 1. The monoisotopic (exact) mass is 660 g/mol. The summed E-state index contributed by atoms with van der Waals surface area (Å²) in [5.41, 5.74) is 8.67. The van der Waals surface area contributed by atoms with E-state index >= 15 is 0 Å². The number of ether oxygens (including phenoxy) is 3. The molecule has 2 aromatic rings. The van der Waals surface area contributed by atoms with Gasteiger partial charge in [0.05, 0.1) is 38.0 Å². The van der Waals surface area contributed by atoms with Crippen LogP contribution >= 0.6 is 0 Å². The lowest BCUT2D eigenvalue weighted by molar-refractivity contribution is -0.999. The molecule has 2 spiro atoms. The zero-order valence-corrected chi connectivity index (χ0v) is 27.7. The fourth-order valence-corrected chi connectivity index (χ4v) is 10.0. The summed E-state index contributed by atoms with van der Waals surface area (Å²) in [6, 6.07) is 11.1. The summed E-state index contributed by atoms with van der Waals surface area (Å²) in [4.78, 5) is 62.3. The number of rotatable bonds is 11. The van der Waals surface area contributed by atoms with E-state index in [-0.39, 0.29) is 36.1 Å². The molecule has 5 aliphatic rings. The highest BCUT2D eigenvalue weighted by molar-refractivity contribution is 5.91. The van der Waals surface area contributed by atoms with Gasteiger partial charge in [0, 0.05) is 50.5 Å². The van der Waals surface area contributed by atoms with Gasteiger partial charge in [-0.1, -0.05) is 6.07 Å². The van der Waals surface area contributed by atoms with Crippen LogP contribution in [0.5, 0.6) is 17.2 Å². The van der Waals surface area contributed by atoms with Crippen LogP contribution in [0, 0.1) is 5.92 Å². The highest BCUT2D eigenvalue weighted by Crippen LogP contribution is 2.77. The third kappa shape index (κ3) is 4.65. The Hall–Kier alpha value is -4.65. The third-order valence-electron chi connectivity index (χ3n) is 11.4. The number of nitrogens with zero attached hydrogens (tertiary/aromatic N) is 2. The van der Waals surface area contributed by atoms with Crippen LogP contribution in [0.25, 0.3) is 0 Å². The van der Waals surface area contributed by atoms with E-state index in [1.165, 1.54) is 23.0 Å². The van der Waals surface area contributed by atoms with Crippen molar-refractivity contribution in [1.82, 2.24) is 15.5 Å². The van der Waals surface area contributed by atoms with Crippen molar-refractivity contribution in [1.29, 1.82) is 0 Å². The minimum atomic E-state index is -1.08. The normalized spacial score (nSPS) is 30.2. The number of quaternary nitrogens is 1. The molecule has 254 valence electrons. The van der Waals surface area contributed by atoms with Crippen LogP contribution in [-0.2, 0) is 36.6 Å². The molecular formula is C35H42N5O8+. The third-order valence-corrected chi connectivity index (χ3v) is 11.4. The number of hydrogen-bond donors (Lipinski definition) is 3. The Balaban J connectivity index is 0.977. The van der Waals surface area contributed by atoms with Gasteiger partial charge in [-0.2, -0.15) is 0 Å². The second-order valence-corrected chi connectivity index (χ2v) is 14.4. The lowest BCUT2D eigenvalue weighted by atomic mass is 9.57. The van der Waals surface area contributed by atoms with Gasteiger partial charge in [-0.05, 0) is 48.7 Å². The maximum Gasteiger partial charge on any atom is 0.415 e. The van der Waals surface area contributed by atoms with Crippen molar-refractivity contribution < 1.29 is 42.7 Å². The summed E-state index contributed by atoms with van der Waals surface area (Å²) in [6.45, 7) is 3.27. The molecule has 2 saturated carbocycles. The van der Waals surface area contributed by atoms with Gasteiger partial charge in [0.1, 0.15) is 24.4 Å². The summed E-state index contributed by atoms with van der Waals surface area (Å²) in [6.07, 6.45) is 1.04. The number of methoxy groups -OCH3 is 1. The Morgan fingerprint density at radius 1 is 1.17 bits per heavy atom. The molecule has 4 amide bonds. The fraction of sp³-hybridized carbons (Fsp3) is 0.514. The molecule has 0 radical (unpaired) electrons. The number of carbonyl (C=O) groups excluding carboxylic acids is 5. The summed E-state index contributed by atoms with van der Waals surface area (Å²) < 4.78 is 18.6. The van der Waals surface area contributed by atoms with Gasteiger partial charge in [0.25, 0.3) is 0 Å². The number of benzene rings is 2. The molecule has 0 aromatic heterocycles. The van der Waals surface area contributed by atoms with Crippen LogP contribution in [0.4, 0.5) is 4.79 Å². The number of amides is 4. The van der Waals surface area contributed by atoms with Crippen molar-refractivity contribution >= 4 is 29.6 Å². The maximum absolute atomic E-state index is 13.2. The Kier molecular flexibility index (Phi) is 7.46. The molecule has 48 heavy (non-hydrogen) atoms. The Labute approximate surface area is 278 Å². The highest BCUT2D eigenvalue weighted by Gasteiger charge is 2.85. The summed E-state index contributed by atoms with van der Waals surface area (Å²) in [7, 11) is 5.53. The molecule has 2 aliphatic heterocycles. The average molecular weight is 661 g/mol. The van der Waals surface area contributed by atoms with Crippen molar-refractivity contribution in [3.8, 4) is 17.2 Å². The maximum atomic E-state index is 13.2. The lowest BCUT2D eigenvalue weighted by Crippen LogP contribution is -2.77. The first-order valence-corrected chi connectivity index (χ1v) is 16.4. The molecule has 7 atom stereocenters. The molecule has 3 fully saturated rings. The van der Waals surface area contributed by atoms with Crippen LogP contribution in [0.15, 0.2) is 36.4 Å². The molecule has 2 heterocycles. The minimum absolute atomic E-state index is 0.0363. The number of hydrogen-bond acceptors (Lipinski definition) is 8. The standard InChI is InChI=1S/C35H41N5O8/c1-19(41)38-24(15-27(36)43)32(44)37-13-14-39(2)33(45)47-21-7-5-20(6-8-21)16-40(3)18-34-17-35-23(30(34)40)9-11-25(42)31(35)48-29-26(46-4)12-10-22(34)28(29)35/h5-8,10,12,23-24,30-31H,9,11,13-18H2,1-4H3,(H3-,36,37,38,41,43,44)/p+1/t23-,24-,30?,31-,34?,35-,40-/m0/s1.